The maximum atomic E-state index is 11.7. The van der Waals surface area contributed by atoms with E-state index in [9.17, 15) is 19.8 Å². The molecule has 0 unspecified atom stereocenters. The average molecular weight is 347 g/mol. The van der Waals surface area contributed by atoms with Crippen molar-refractivity contribution in [1.29, 1.82) is 0 Å². The smallest absolute Gasteiger partial charge is 0.336 e. The zero-order valence-corrected chi connectivity index (χ0v) is 15.0. The van der Waals surface area contributed by atoms with Crippen molar-refractivity contribution in [2.45, 2.75) is 53.1 Å². The van der Waals surface area contributed by atoms with Crippen LogP contribution in [-0.2, 0) is 11.3 Å². The van der Waals surface area contributed by atoms with E-state index in [2.05, 4.69) is 26.1 Å². The standard InChI is InChI=1S/C19H25NO5/c1-11-9-16(22)25-17-12(11)5-6-15(21)13(17)10-20-14(18(23)24)7-8-19(2,3)4/h5-6,9,14,20-21H,7-8,10H2,1-4H3,(H,23,24)/t14-/m1/s1. The quantitative estimate of drug-likeness (QED) is 0.694. The molecule has 1 aromatic carbocycles. The molecule has 6 nitrogen and oxygen atoms in total. The molecule has 3 N–H and O–H groups in total. The topological polar surface area (TPSA) is 99.8 Å². The fourth-order valence-corrected chi connectivity index (χ4v) is 2.72. The molecule has 2 aromatic rings. The lowest BCUT2D eigenvalue weighted by atomic mass is 9.88. The molecule has 0 saturated carbocycles. The first-order valence-electron chi connectivity index (χ1n) is 8.30. The number of benzene rings is 1. The number of phenols is 1. The molecular weight excluding hydrogens is 322 g/mol. The molecule has 0 aliphatic rings. The highest BCUT2D eigenvalue weighted by Gasteiger charge is 2.22. The fraction of sp³-hybridized carbons (Fsp3) is 0.474. The molecule has 0 bridgehead atoms. The highest BCUT2D eigenvalue weighted by molar-refractivity contribution is 5.85. The van der Waals surface area contributed by atoms with Crippen molar-refractivity contribution in [2.75, 3.05) is 0 Å². The van der Waals surface area contributed by atoms with Crippen LogP contribution in [0.1, 0.15) is 44.7 Å². The van der Waals surface area contributed by atoms with Crippen LogP contribution in [-0.4, -0.2) is 22.2 Å². The van der Waals surface area contributed by atoms with Crippen molar-refractivity contribution in [3.05, 3.63) is 39.7 Å². The molecule has 1 aromatic heterocycles. The number of aliphatic carboxylic acids is 1. The van der Waals surface area contributed by atoms with E-state index in [0.29, 0.717) is 12.0 Å². The van der Waals surface area contributed by atoms with Gasteiger partial charge in [0.1, 0.15) is 17.4 Å². The van der Waals surface area contributed by atoms with E-state index in [-0.39, 0.29) is 23.3 Å². The predicted octanol–water partition coefficient (Wildman–Crippen LogP) is 3.18. The number of hydrogen-bond donors (Lipinski definition) is 3. The summed E-state index contributed by atoms with van der Waals surface area (Å²) in [6.45, 7) is 8.05. The number of aromatic hydroxyl groups is 1. The van der Waals surface area contributed by atoms with Crippen LogP contribution in [0.15, 0.2) is 27.4 Å². The highest BCUT2D eigenvalue weighted by Crippen LogP contribution is 2.28. The molecule has 25 heavy (non-hydrogen) atoms. The Morgan fingerprint density at radius 3 is 2.60 bits per heavy atom. The van der Waals surface area contributed by atoms with Gasteiger partial charge in [-0.15, -0.1) is 0 Å². The first-order chi connectivity index (χ1) is 11.6. The van der Waals surface area contributed by atoms with E-state index in [1.165, 1.54) is 12.1 Å². The monoisotopic (exact) mass is 347 g/mol. The van der Waals surface area contributed by atoms with E-state index < -0.39 is 17.6 Å². The van der Waals surface area contributed by atoms with Gasteiger partial charge in [0.2, 0.25) is 0 Å². The van der Waals surface area contributed by atoms with Gasteiger partial charge in [-0.3, -0.25) is 4.79 Å². The lowest BCUT2D eigenvalue weighted by molar-refractivity contribution is -0.139. The number of carboxylic acids is 1. The summed E-state index contributed by atoms with van der Waals surface area (Å²) in [5, 5.41) is 23.2. The molecule has 0 radical (unpaired) electrons. The summed E-state index contributed by atoms with van der Waals surface area (Å²) in [4.78, 5) is 23.2. The molecule has 2 rings (SSSR count). The Balaban J connectivity index is 2.28. The lowest BCUT2D eigenvalue weighted by Gasteiger charge is -2.22. The Hall–Kier alpha value is -2.34. The Labute approximate surface area is 146 Å². The van der Waals surface area contributed by atoms with Crippen LogP contribution in [0.2, 0.25) is 0 Å². The van der Waals surface area contributed by atoms with Gasteiger partial charge in [-0.2, -0.15) is 0 Å². The predicted molar refractivity (Wildman–Crippen MR) is 95.8 cm³/mol. The van der Waals surface area contributed by atoms with Crippen LogP contribution in [0.25, 0.3) is 11.0 Å². The normalized spacial score (nSPS) is 13.1. The minimum Gasteiger partial charge on any atom is -0.507 e. The third-order valence-corrected chi connectivity index (χ3v) is 4.20. The van der Waals surface area contributed by atoms with Gasteiger partial charge in [0, 0.05) is 18.0 Å². The summed E-state index contributed by atoms with van der Waals surface area (Å²) in [6.07, 6.45) is 1.21. The molecule has 1 heterocycles. The summed E-state index contributed by atoms with van der Waals surface area (Å²) in [5.41, 5.74) is 0.952. The number of rotatable bonds is 6. The zero-order chi connectivity index (χ0) is 18.8. The van der Waals surface area contributed by atoms with Crippen molar-refractivity contribution in [1.82, 2.24) is 5.32 Å². The van der Waals surface area contributed by atoms with E-state index >= 15 is 0 Å². The first-order valence-corrected chi connectivity index (χ1v) is 8.30. The SMILES string of the molecule is Cc1cc(=O)oc2c(CN[C@H](CCC(C)(C)C)C(=O)O)c(O)ccc12. The number of nitrogens with one attached hydrogen (secondary N) is 1. The molecule has 0 fully saturated rings. The third kappa shape index (κ3) is 4.82. The van der Waals surface area contributed by atoms with E-state index in [1.54, 1.807) is 13.0 Å². The second-order valence-corrected chi connectivity index (χ2v) is 7.56. The number of hydrogen-bond acceptors (Lipinski definition) is 5. The maximum Gasteiger partial charge on any atom is 0.336 e. The van der Waals surface area contributed by atoms with Gasteiger partial charge < -0.3 is 19.9 Å². The molecule has 0 aliphatic heterocycles. The summed E-state index contributed by atoms with van der Waals surface area (Å²) in [6, 6.07) is 3.85. The molecular formula is C19H25NO5. The minimum absolute atomic E-state index is 0.0286. The van der Waals surface area contributed by atoms with Crippen LogP contribution >= 0.6 is 0 Å². The Kier molecular flexibility index (Phi) is 5.52. The van der Waals surface area contributed by atoms with Crippen molar-refractivity contribution < 1.29 is 19.4 Å². The Morgan fingerprint density at radius 1 is 1.32 bits per heavy atom. The highest BCUT2D eigenvalue weighted by atomic mass is 16.4. The first kappa shape index (κ1) is 19.0. The van der Waals surface area contributed by atoms with Crippen molar-refractivity contribution >= 4 is 16.9 Å². The molecule has 0 saturated heterocycles. The Morgan fingerprint density at radius 2 is 2.00 bits per heavy atom. The van der Waals surface area contributed by atoms with E-state index in [4.69, 9.17) is 4.42 Å². The maximum absolute atomic E-state index is 11.7. The summed E-state index contributed by atoms with van der Waals surface area (Å²) >= 11 is 0. The minimum atomic E-state index is -0.943. The molecule has 0 aliphatic carbocycles. The van der Waals surface area contributed by atoms with Crippen LogP contribution in [0.3, 0.4) is 0 Å². The second kappa shape index (κ2) is 7.27. The van der Waals surface area contributed by atoms with Crippen LogP contribution in [0, 0.1) is 12.3 Å². The molecule has 1 atom stereocenters. The van der Waals surface area contributed by atoms with Crippen LogP contribution < -0.4 is 10.9 Å². The van der Waals surface area contributed by atoms with Crippen LogP contribution in [0.5, 0.6) is 5.75 Å². The number of carboxylic acid groups (broad SMARTS) is 1. The van der Waals surface area contributed by atoms with Gasteiger partial charge in [-0.05, 0) is 42.9 Å². The number of carbonyl (C=O) groups is 1. The largest absolute Gasteiger partial charge is 0.507 e. The Bertz CT molecular complexity index is 832. The fourth-order valence-electron chi connectivity index (χ4n) is 2.72. The van der Waals surface area contributed by atoms with Gasteiger partial charge in [0.15, 0.2) is 0 Å². The van der Waals surface area contributed by atoms with Gasteiger partial charge in [0.05, 0.1) is 5.56 Å². The molecule has 0 spiro atoms. The van der Waals surface area contributed by atoms with E-state index in [0.717, 1.165) is 17.4 Å². The van der Waals surface area contributed by atoms with Gasteiger partial charge >= 0.3 is 11.6 Å². The lowest BCUT2D eigenvalue weighted by Crippen LogP contribution is -2.37. The number of phenolic OH excluding ortho intramolecular Hbond substituents is 1. The summed E-state index contributed by atoms with van der Waals surface area (Å²) in [5.74, 6) is -0.977. The van der Waals surface area contributed by atoms with Crippen molar-refractivity contribution in [3.8, 4) is 5.75 Å². The van der Waals surface area contributed by atoms with Crippen molar-refractivity contribution in [3.63, 3.8) is 0 Å². The number of fused-ring (bicyclic) bond motifs is 1. The van der Waals surface area contributed by atoms with Gasteiger partial charge in [0.25, 0.3) is 0 Å². The molecule has 6 heteroatoms. The third-order valence-electron chi connectivity index (χ3n) is 4.20. The van der Waals surface area contributed by atoms with Crippen molar-refractivity contribution in [2.24, 2.45) is 5.41 Å². The zero-order valence-electron chi connectivity index (χ0n) is 15.0. The molecule has 136 valence electrons. The van der Waals surface area contributed by atoms with Gasteiger partial charge in [-0.25, -0.2) is 4.79 Å². The molecule has 0 amide bonds. The van der Waals surface area contributed by atoms with Crippen LogP contribution in [0.4, 0.5) is 0 Å². The summed E-state index contributed by atoms with van der Waals surface area (Å²) < 4.78 is 5.26. The average Bonchev–Trinajstić information content (AvgIpc) is 2.47. The second-order valence-electron chi connectivity index (χ2n) is 7.56. The summed E-state index contributed by atoms with van der Waals surface area (Å²) in [7, 11) is 0. The van der Waals surface area contributed by atoms with Gasteiger partial charge in [-0.1, -0.05) is 20.8 Å². The number of aryl methyl sites for hydroxylation is 1. The van der Waals surface area contributed by atoms with E-state index in [1.807, 2.05) is 0 Å².